The molecule has 0 saturated heterocycles. The van der Waals surface area contributed by atoms with Gasteiger partial charge in [0.15, 0.2) is 6.10 Å². The molecule has 0 aliphatic heterocycles. The van der Waals surface area contributed by atoms with Crippen LogP contribution >= 0.6 is 11.3 Å². The highest BCUT2D eigenvalue weighted by Crippen LogP contribution is 2.31. The van der Waals surface area contributed by atoms with Gasteiger partial charge in [0.2, 0.25) is 0 Å². The molecular weight excluding hydrogens is 310 g/mol. The van der Waals surface area contributed by atoms with Gasteiger partial charge in [0.05, 0.1) is 0 Å². The van der Waals surface area contributed by atoms with Crippen molar-refractivity contribution >= 4 is 28.9 Å². The van der Waals surface area contributed by atoms with Gasteiger partial charge < -0.3 is 10.1 Å². The lowest BCUT2D eigenvalue weighted by atomic mass is 10.2. The number of carbonyl (C=O) groups is 2. The van der Waals surface area contributed by atoms with Crippen LogP contribution in [0.15, 0.2) is 30.3 Å². The Morgan fingerprint density at radius 1 is 1.26 bits per heavy atom. The molecule has 0 saturated carbocycles. The normalized spacial score (nSPS) is 14.2. The Balaban J connectivity index is 1.60. The van der Waals surface area contributed by atoms with Crippen molar-refractivity contribution in [2.75, 3.05) is 5.32 Å². The molecule has 0 unspecified atom stereocenters. The highest BCUT2D eigenvalue weighted by atomic mass is 32.1. The van der Waals surface area contributed by atoms with Crippen LogP contribution in [0.1, 0.15) is 39.0 Å². The van der Waals surface area contributed by atoms with Crippen molar-refractivity contribution in [1.82, 2.24) is 0 Å². The Labute approximate surface area is 139 Å². The quantitative estimate of drug-likeness (QED) is 0.870. The molecule has 120 valence electrons. The standard InChI is InChI=1S/C18H19NO3S/c1-11-5-3-7-14(9-11)19-17(20)12(2)22-18(21)16-10-13-6-4-8-15(13)23-16/h3,5,7,9-10,12H,4,6,8H2,1-2H3,(H,19,20)/t12-/m0/s1. The van der Waals surface area contributed by atoms with Crippen LogP contribution < -0.4 is 5.32 Å². The number of anilines is 1. The van der Waals surface area contributed by atoms with Crippen LogP contribution in [0.2, 0.25) is 0 Å². The van der Waals surface area contributed by atoms with Crippen molar-refractivity contribution in [3.05, 3.63) is 51.2 Å². The first-order chi connectivity index (χ1) is 11.0. The fraction of sp³-hybridized carbons (Fsp3) is 0.333. The van der Waals surface area contributed by atoms with Gasteiger partial charge in [0.25, 0.3) is 5.91 Å². The molecule has 1 aliphatic carbocycles. The lowest BCUT2D eigenvalue weighted by molar-refractivity contribution is -0.123. The van der Waals surface area contributed by atoms with E-state index in [1.54, 1.807) is 6.92 Å². The van der Waals surface area contributed by atoms with E-state index < -0.39 is 12.1 Å². The summed E-state index contributed by atoms with van der Waals surface area (Å²) < 4.78 is 5.30. The molecule has 0 fully saturated rings. The van der Waals surface area contributed by atoms with Crippen LogP contribution in [-0.2, 0) is 22.4 Å². The summed E-state index contributed by atoms with van der Waals surface area (Å²) >= 11 is 1.48. The minimum absolute atomic E-state index is 0.326. The molecule has 1 amide bonds. The maximum Gasteiger partial charge on any atom is 0.349 e. The molecule has 0 radical (unpaired) electrons. The molecule has 3 rings (SSSR count). The van der Waals surface area contributed by atoms with Gasteiger partial charge in [-0.2, -0.15) is 0 Å². The number of ether oxygens (including phenoxy) is 1. The molecular formula is C18H19NO3S. The van der Waals surface area contributed by atoms with Crippen LogP contribution in [0.3, 0.4) is 0 Å². The minimum atomic E-state index is -0.833. The first-order valence-corrected chi connectivity index (χ1v) is 8.54. The summed E-state index contributed by atoms with van der Waals surface area (Å²) in [6.07, 6.45) is 2.39. The van der Waals surface area contributed by atoms with E-state index in [1.807, 2.05) is 37.3 Å². The molecule has 1 aromatic heterocycles. The third kappa shape index (κ3) is 3.62. The Morgan fingerprint density at radius 3 is 2.83 bits per heavy atom. The van der Waals surface area contributed by atoms with Crippen molar-refractivity contribution in [1.29, 1.82) is 0 Å². The van der Waals surface area contributed by atoms with E-state index in [4.69, 9.17) is 4.74 Å². The predicted molar refractivity (Wildman–Crippen MR) is 91.0 cm³/mol. The number of fused-ring (bicyclic) bond motifs is 1. The van der Waals surface area contributed by atoms with Gasteiger partial charge in [-0.25, -0.2) is 4.79 Å². The van der Waals surface area contributed by atoms with Gasteiger partial charge in [-0.1, -0.05) is 12.1 Å². The van der Waals surface area contributed by atoms with Crippen molar-refractivity contribution in [2.45, 2.75) is 39.2 Å². The molecule has 4 nitrogen and oxygen atoms in total. The molecule has 23 heavy (non-hydrogen) atoms. The molecule has 1 atom stereocenters. The largest absolute Gasteiger partial charge is 0.448 e. The van der Waals surface area contributed by atoms with Crippen LogP contribution in [0.25, 0.3) is 0 Å². The lowest BCUT2D eigenvalue weighted by Gasteiger charge is -2.13. The van der Waals surface area contributed by atoms with Gasteiger partial charge in [0.1, 0.15) is 4.88 Å². The first-order valence-electron chi connectivity index (χ1n) is 7.73. The first kappa shape index (κ1) is 15.7. The second-order valence-corrected chi connectivity index (χ2v) is 6.96. The van der Waals surface area contributed by atoms with Gasteiger partial charge in [0, 0.05) is 10.6 Å². The van der Waals surface area contributed by atoms with Crippen LogP contribution in [0.5, 0.6) is 0 Å². The number of aryl methyl sites for hydroxylation is 3. The number of thiophene rings is 1. The highest BCUT2D eigenvalue weighted by Gasteiger charge is 2.23. The Bertz CT molecular complexity index is 729. The van der Waals surface area contributed by atoms with Crippen molar-refractivity contribution < 1.29 is 14.3 Å². The Hall–Kier alpha value is -2.14. The molecule has 1 N–H and O–H groups in total. The molecule has 2 aromatic rings. The SMILES string of the molecule is Cc1cccc(NC(=O)[C@H](C)OC(=O)c2cc3c(s2)CCC3)c1. The average molecular weight is 329 g/mol. The molecule has 5 heteroatoms. The smallest absolute Gasteiger partial charge is 0.349 e. The van der Waals surface area contributed by atoms with Gasteiger partial charge in [-0.05, 0) is 62.4 Å². The minimum Gasteiger partial charge on any atom is -0.448 e. The van der Waals surface area contributed by atoms with Gasteiger partial charge in [-0.3, -0.25) is 4.79 Å². The zero-order valence-electron chi connectivity index (χ0n) is 13.2. The number of esters is 1. The average Bonchev–Trinajstić information content (AvgIpc) is 3.08. The number of hydrogen-bond donors (Lipinski definition) is 1. The Morgan fingerprint density at radius 2 is 2.09 bits per heavy atom. The number of rotatable bonds is 4. The number of amides is 1. The number of nitrogens with one attached hydrogen (secondary N) is 1. The highest BCUT2D eigenvalue weighted by molar-refractivity contribution is 7.14. The lowest BCUT2D eigenvalue weighted by Crippen LogP contribution is -2.29. The second-order valence-electron chi connectivity index (χ2n) is 5.82. The zero-order chi connectivity index (χ0) is 16.4. The monoisotopic (exact) mass is 329 g/mol. The molecule has 1 aromatic carbocycles. The summed E-state index contributed by atoms with van der Waals surface area (Å²) in [6, 6.07) is 9.41. The fourth-order valence-corrected chi connectivity index (χ4v) is 3.81. The van der Waals surface area contributed by atoms with E-state index in [-0.39, 0.29) is 5.91 Å². The van der Waals surface area contributed by atoms with Crippen LogP contribution in [0.4, 0.5) is 5.69 Å². The summed E-state index contributed by atoms with van der Waals surface area (Å²) in [6.45, 7) is 3.54. The van der Waals surface area contributed by atoms with E-state index >= 15 is 0 Å². The summed E-state index contributed by atoms with van der Waals surface area (Å²) in [5.74, 6) is -0.746. The van der Waals surface area contributed by atoms with Gasteiger partial charge >= 0.3 is 5.97 Å². The van der Waals surface area contributed by atoms with E-state index in [0.717, 1.165) is 24.8 Å². The number of carbonyl (C=O) groups excluding carboxylic acids is 2. The van der Waals surface area contributed by atoms with E-state index in [9.17, 15) is 9.59 Å². The summed E-state index contributed by atoms with van der Waals surface area (Å²) in [7, 11) is 0. The van der Waals surface area contributed by atoms with Crippen molar-refractivity contribution in [3.63, 3.8) is 0 Å². The summed E-state index contributed by atoms with van der Waals surface area (Å²) in [4.78, 5) is 26.2. The summed E-state index contributed by atoms with van der Waals surface area (Å²) in [5, 5.41) is 2.77. The van der Waals surface area contributed by atoms with Crippen molar-refractivity contribution in [3.8, 4) is 0 Å². The molecule has 0 spiro atoms. The number of hydrogen-bond acceptors (Lipinski definition) is 4. The number of benzene rings is 1. The Kier molecular flexibility index (Phi) is 4.48. The van der Waals surface area contributed by atoms with Gasteiger partial charge in [-0.15, -0.1) is 11.3 Å². The van der Waals surface area contributed by atoms with E-state index in [1.165, 1.54) is 21.8 Å². The fourth-order valence-electron chi connectivity index (χ4n) is 2.67. The topological polar surface area (TPSA) is 55.4 Å². The van der Waals surface area contributed by atoms with E-state index in [0.29, 0.717) is 10.6 Å². The maximum absolute atomic E-state index is 12.2. The third-order valence-electron chi connectivity index (χ3n) is 3.89. The van der Waals surface area contributed by atoms with Crippen LogP contribution in [0, 0.1) is 6.92 Å². The predicted octanol–water partition coefficient (Wildman–Crippen LogP) is 3.73. The molecule has 1 aliphatic rings. The third-order valence-corrected chi connectivity index (χ3v) is 5.10. The second kappa shape index (κ2) is 6.54. The zero-order valence-corrected chi connectivity index (χ0v) is 14.0. The van der Waals surface area contributed by atoms with Crippen molar-refractivity contribution in [2.24, 2.45) is 0 Å². The maximum atomic E-state index is 12.2. The molecule has 0 bridgehead atoms. The van der Waals surface area contributed by atoms with Crippen LogP contribution in [-0.4, -0.2) is 18.0 Å². The molecule has 1 heterocycles. The summed E-state index contributed by atoms with van der Waals surface area (Å²) in [5.41, 5.74) is 3.01. The van der Waals surface area contributed by atoms with E-state index in [2.05, 4.69) is 5.32 Å².